The van der Waals surface area contributed by atoms with Gasteiger partial charge in [-0.2, -0.15) is 0 Å². The molecule has 1 aliphatic heterocycles. The minimum absolute atomic E-state index is 0.944. The molecule has 0 saturated heterocycles. The molecule has 0 aromatic rings. The Hall–Kier alpha value is -0.330. The van der Waals surface area contributed by atoms with Gasteiger partial charge >= 0.3 is 0 Å². The minimum atomic E-state index is 0.944. The van der Waals surface area contributed by atoms with Crippen molar-refractivity contribution in [3.05, 3.63) is 6.42 Å². The Morgan fingerprint density at radius 2 is 2.33 bits per heavy atom. The predicted octanol–water partition coefficient (Wildman–Crippen LogP) is 1.06. The van der Waals surface area contributed by atoms with E-state index in [1.165, 1.54) is 6.42 Å². The molecule has 6 heavy (non-hydrogen) atoms. The largest absolute Gasteiger partial charge is 0.297 e. The third kappa shape index (κ3) is 0.814. The van der Waals surface area contributed by atoms with E-state index in [2.05, 4.69) is 11.4 Å². The molecular formula is C5H8N. The van der Waals surface area contributed by atoms with Gasteiger partial charge in [0.05, 0.1) is 0 Å². The molecule has 0 aromatic carbocycles. The molecule has 1 nitrogen and oxygen atoms in total. The first-order chi connectivity index (χ1) is 3.00. The molecule has 0 unspecified atom stereocenters. The van der Waals surface area contributed by atoms with Gasteiger partial charge in [0, 0.05) is 6.54 Å². The quantitative estimate of drug-likeness (QED) is 0.414. The summed E-state index contributed by atoms with van der Waals surface area (Å²) in [5.74, 6) is 0. The first-order valence-electron chi connectivity index (χ1n) is 2.30. The summed E-state index contributed by atoms with van der Waals surface area (Å²) in [5.41, 5.74) is 0. The number of hydrogen-bond acceptors (Lipinski definition) is 1. The summed E-state index contributed by atoms with van der Waals surface area (Å²) in [4.78, 5) is 4.00. The fourth-order valence-electron chi connectivity index (χ4n) is 0.524. The van der Waals surface area contributed by atoms with Crippen LogP contribution in [0, 0.1) is 6.42 Å². The number of nitrogens with zero attached hydrogens (tertiary/aromatic N) is 1. The van der Waals surface area contributed by atoms with Gasteiger partial charge in [0.15, 0.2) is 0 Å². The summed E-state index contributed by atoms with van der Waals surface area (Å²) in [6.07, 6.45) is 6.56. The van der Waals surface area contributed by atoms with Gasteiger partial charge in [-0.25, -0.2) is 0 Å². The Bertz CT molecular complexity index is 49.0. The molecule has 0 fully saturated rings. The Morgan fingerprint density at radius 1 is 1.33 bits per heavy atom. The van der Waals surface area contributed by atoms with Crippen LogP contribution in [0.15, 0.2) is 4.99 Å². The van der Waals surface area contributed by atoms with E-state index in [0.29, 0.717) is 0 Å². The summed E-state index contributed by atoms with van der Waals surface area (Å²) in [6, 6.07) is 0. The van der Waals surface area contributed by atoms with E-state index in [-0.39, 0.29) is 0 Å². The lowest BCUT2D eigenvalue weighted by atomic mass is 10.2. The van der Waals surface area contributed by atoms with E-state index < -0.39 is 0 Å². The van der Waals surface area contributed by atoms with Crippen LogP contribution in [0.3, 0.4) is 0 Å². The third-order valence-electron chi connectivity index (χ3n) is 0.863. The van der Waals surface area contributed by atoms with E-state index in [4.69, 9.17) is 0 Å². The molecule has 1 heteroatoms. The molecule has 0 saturated carbocycles. The highest BCUT2D eigenvalue weighted by molar-refractivity contribution is 5.58. The molecule has 0 N–H and O–H groups in total. The second-order valence-electron chi connectivity index (χ2n) is 1.41. The molecule has 0 aliphatic carbocycles. The molecule has 0 spiro atoms. The van der Waals surface area contributed by atoms with E-state index in [0.717, 1.165) is 13.0 Å². The fourth-order valence-corrected chi connectivity index (χ4v) is 0.524. The summed E-state index contributed by atoms with van der Waals surface area (Å²) in [6.45, 7) is 0.944. The molecule has 0 amide bonds. The molecule has 0 atom stereocenters. The van der Waals surface area contributed by atoms with Gasteiger partial charge in [-0.1, -0.05) is 0 Å². The van der Waals surface area contributed by atoms with Crippen molar-refractivity contribution in [2.75, 3.05) is 6.54 Å². The van der Waals surface area contributed by atoms with Gasteiger partial charge in [-0.15, -0.1) is 0 Å². The van der Waals surface area contributed by atoms with Gasteiger partial charge in [-0.3, -0.25) is 4.99 Å². The van der Waals surface area contributed by atoms with Crippen LogP contribution in [0.5, 0.6) is 0 Å². The lowest BCUT2D eigenvalue weighted by Crippen LogP contribution is -1.90. The van der Waals surface area contributed by atoms with Crippen LogP contribution in [-0.2, 0) is 0 Å². The van der Waals surface area contributed by atoms with Crippen molar-refractivity contribution in [1.82, 2.24) is 0 Å². The van der Waals surface area contributed by atoms with E-state index in [9.17, 15) is 0 Å². The number of rotatable bonds is 0. The maximum absolute atomic E-state index is 4.00. The van der Waals surface area contributed by atoms with Crippen LogP contribution < -0.4 is 0 Å². The maximum Gasteiger partial charge on any atom is 0.0417 e. The Morgan fingerprint density at radius 3 is 2.50 bits per heavy atom. The molecule has 1 heterocycles. The SMILES string of the molecule is [CH]1CCC=NC1. The molecule has 33 valence electrons. The topological polar surface area (TPSA) is 12.4 Å². The molecule has 1 radical (unpaired) electrons. The van der Waals surface area contributed by atoms with Crippen molar-refractivity contribution < 1.29 is 0 Å². The Labute approximate surface area is 38.1 Å². The van der Waals surface area contributed by atoms with Gasteiger partial charge in [0.2, 0.25) is 0 Å². The molecular weight excluding hydrogens is 74.1 g/mol. The average molecular weight is 82.1 g/mol. The van der Waals surface area contributed by atoms with Crippen molar-refractivity contribution in [3.8, 4) is 0 Å². The Kier molecular flexibility index (Phi) is 1.25. The van der Waals surface area contributed by atoms with Gasteiger partial charge in [0.25, 0.3) is 0 Å². The standard InChI is InChI=1S/C5H8N/c1-2-4-6-5-3-1/h2,5H,1,3-4H2. The second-order valence-corrected chi connectivity index (χ2v) is 1.41. The van der Waals surface area contributed by atoms with Crippen molar-refractivity contribution in [1.29, 1.82) is 0 Å². The van der Waals surface area contributed by atoms with Gasteiger partial charge in [0.1, 0.15) is 0 Å². The van der Waals surface area contributed by atoms with E-state index in [1.54, 1.807) is 0 Å². The molecule has 0 bridgehead atoms. The first-order valence-corrected chi connectivity index (χ1v) is 2.30. The lowest BCUT2D eigenvalue weighted by molar-refractivity contribution is 0.915. The monoisotopic (exact) mass is 82.1 g/mol. The zero-order valence-electron chi connectivity index (χ0n) is 3.72. The highest BCUT2D eigenvalue weighted by Gasteiger charge is 1.88. The summed E-state index contributed by atoms with van der Waals surface area (Å²) >= 11 is 0. The van der Waals surface area contributed by atoms with Crippen LogP contribution in [0.2, 0.25) is 0 Å². The smallest absolute Gasteiger partial charge is 0.0417 e. The van der Waals surface area contributed by atoms with Gasteiger partial charge < -0.3 is 0 Å². The number of hydrogen-bond donors (Lipinski definition) is 0. The van der Waals surface area contributed by atoms with Crippen LogP contribution >= 0.6 is 0 Å². The minimum Gasteiger partial charge on any atom is -0.297 e. The van der Waals surface area contributed by atoms with Crippen LogP contribution in [-0.4, -0.2) is 12.8 Å². The zero-order valence-corrected chi connectivity index (χ0v) is 3.72. The fraction of sp³-hybridized carbons (Fsp3) is 0.600. The molecule has 0 aromatic heterocycles. The maximum atomic E-state index is 4.00. The van der Waals surface area contributed by atoms with Crippen LogP contribution in [0.4, 0.5) is 0 Å². The second kappa shape index (κ2) is 1.96. The molecule has 1 rings (SSSR count). The van der Waals surface area contributed by atoms with E-state index >= 15 is 0 Å². The number of aliphatic imine (C=N–C) groups is 1. The van der Waals surface area contributed by atoms with Crippen molar-refractivity contribution in [2.24, 2.45) is 4.99 Å². The molecule has 1 aliphatic rings. The highest BCUT2D eigenvalue weighted by atomic mass is 14.7. The van der Waals surface area contributed by atoms with E-state index in [1.807, 2.05) is 6.21 Å². The Balaban J connectivity index is 2.26. The van der Waals surface area contributed by atoms with Crippen molar-refractivity contribution >= 4 is 6.21 Å². The van der Waals surface area contributed by atoms with Crippen LogP contribution in [0.1, 0.15) is 12.8 Å². The zero-order chi connectivity index (χ0) is 4.24. The lowest BCUT2D eigenvalue weighted by Gasteiger charge is -1.96. The average Bonchev–Trinajstić information content (AvgIpc) is 1.72. The van der Waals surface area contributed by atoms with Crippen molar-refractivity contribution in [3.63, 3.8) is 0 Å². The predicted molar refractivity (Wildman–Crippen MR) is 26.9 cm³/mol. The van der Waals surface area contributed by atoms with Crippen molar-refractivity contribution in [2.45, 2.75) is 12.8 Å². The normalized spacial score (nSPS) is 21.3. The first kappa shape index (κ1) is 3.85. The van der Waals surface area contributed by atoms with Gasteiger partial charge in [-0.05, 0) is 25.5 Å². The summed E-state index contributed by atoms with van der Waals surface area (Å²) in [5, 5.41) is 0. The third-order valence-corrected chi connectivity index (χ3v) is 0.863. The highest BCUT2D eigenvalue weighted by Crippen LogP contribution is 1.96. The summed E-state index contributed by atoms with van der Waals surface area (Å²) in [7, 11) is 0. The summed E-state index contributed by atoms with van der Waals surface area (Å²) < 4.78 is 0. The van der Waals surface area contributed by atoms with Crippen LogP contribution in [0.25, 0.3) is 0 Å².